The number of aliphatic hydroxyl groups excluding tert-OH is 1. The van der Waals surface area contributed by atoms with Crippen LogP contribution in [0.1, 0.15) is 31.7 Å². The number of aliphatic hydroxyl groups is 1. The van der Waals surface area contributed by atoms with Crippen molar-refractivity contribution in [1.82, 2.24) is 9.13 Å². The van der Waals surface area contributed by atoms with Crippen molar-refractivity contribution in [1.29, 1.82) is 0 Å². The number of hydrogen-bond acceptors (Lipinski definition) is 2. The SMILES string of the molecule is O=c1n(-c2ccccc2)ccn1C1CCC(O)CC1. The average Bonchev–Trinajstić information content (AvgIpc) is 2.83. The lowest BCUT2D eigenvalue weighted by Crippen LogP contribution is -2.29. The van der Waals surface area contributed by atoms with Crippen molar-refractivity contribution >= 4 is 0 Å². The van der Waals surface area contributed by atoms with Crippen molar-refractivity contribution in [2.45, 2.75) is 37.8 Å². The Morgan fingerprint density at radius 3 is 2.37 bits per heavy atom. The zero-order chi connectivity index (χ0) is 13.2. The molecule has 0 spiro atoms. The van der Waals surface area contributed by atoms with Crippen LogP contribution in [-0.4, -0.2) is 20.3 Å². The van der Waals surface area contributed by atoms with Crippen molar-refractivity contribution in [3.05, 3.63) is 53.2 Å². The summed E-state index contributed by atoms with van der Waals surface area (Å²) >= 11 is 0. The van der Waals surface area contributed by atoms with Crippen LogP contribution in [-0.2, 0) is 0 Å². The molecule has 0 amide bonds. The summed E-state index contributed by atoms with van der Waals surface area (Å²) < 4.78 is 3.48. The van der Waals surface area contributed by atoms with Gasteiger partial charge in [-0.25, -0.2) is 4.79 Å². The molecule has 1 fully saturated rings. The Morgan fingerprint density at radius 1 is 1.00 bits per heavy atom. The highest BCUT2D eigenvalue weighted by Crippen LogP contribution is 2.27. The van der Waals surface area contributed by atoms with E-state index in [4.69, 9.17) is 0 Å². The first kappa shape index (κ1) is 12.2. The van der Waals surface area contributed by atoms with E-state index in [9.17, 15) is 9.90 Å². The molecule has 0 atom stereocenters. The minimum atomic E-state index is -0.192. The maximum Gasteiger partial charge on any atom is 0.332 e. The van der Waals surface area contributed by atoms with E-state index >= 15 is 0 Å². The molecule has 1 aromatic carbocycles. The van der Waals surface area contributed by atoms with Gasteiger partial charge in [-0.15, -0.1) is 0 Å². The quantitative estimate of drug-likeness (QED) is 0.897. The van der Waals surface area contributed by atoms with Gasteiger partial charge in [0.2, 0.25) is 0 Å². The zero-order valence-corrected chi connectivity index (χ0v) is 10.8. The minimum absolute atomic E-state index is 0.00703. The first-order valence-electron chi connectivity index (χ1n) is 6.78. The maximum absolute atomic E-state index is 12.4. The van der Waals surface area contributed by atoms with Gasteiger partial charge < -0.3 is 5.11 Å². The molecular formula is C15H18N2O2. The Kier molecular flexibility index (Phi) is 3.25. The fourth-order valence-electron chi connectivity index (χ4n) is 2.79. The first-order valence-corrected chi connectivity index (χ1v) is 6.78. The van der Waals surface area contributed by atoms with Crippen LogP contribution in [0.25, 0.3) is 5.69 Å². The molecule has 4 heteroatoms. The molecule has 1 saturated carbocycles. The number of hydrogen-bond donors (Lipinski definition) is 1. The second-order valence-electron chi connectivity index (χ2n) is 5.16. The number of imidazole rings is 1. The lowest BCUT2D eigenvalue weighted by molar-refractivity contribution is 0.110. The highest BCUT2D eigenvalue weighted by molar-refractivity contribution is 5.31. The maximum atomic E-state index is 12.4. The van der Waals surface area contributed by atoms with Crippen LogP contribution in [0.15, 0.2) is 47.5 Å². The minimum Gasteiger partial charge on any atom is -0.393 e. The number of aromatic nitrogens is 2. The third kappa shape index (κ3) is 2.36. The van der Waals surface area contributed by atoms with Crippen LogP contribution >= 0.6 is 0 Å². The molecule has 1 aromatic heterocycles. The molecule has 1 aliphatic carbocycles. The van der Waals surface area contributed by atoms with Gasteiger partial charge in [0, 0.05) is 18.4 Å². The van der Waals surface area contributed by atoms with Crippen LogP contribution in [0.5, 0.6) is 0 Å². The van der Waals surface area contributed by atoms with Crippen molar-refractivity contribution in [2.75, 3.05) is 0 Å². The van der Waals surface area contributed by atoms with Crippen LogP contribution in [0.2, 0.25) is 0 Å². The Balaban J connectivity index is 1.89. The standard InChI is InChI=1S/C15H18N2O2/c18-14-8-6-13(7-9-14)17-11-10-16(15(17)19)12-4-2-1-3-5-12/h1-5,10-11,13-14,18H,6-9H2. The molecule has 2 aromatic rings. The number of benzene rings is 1. The van der Waals surface area contributed by atoms with E-state index in [1.54, 1.807) is 9.13 Å². The fourth-order valence-corrected chi connectivity index (χ4v) is 2.79. The van der Waals surface area contributed by atoms with E-state index in [1.807, 2.05) is 42.7 Å². The Bertz CT molecular complexity index is 592. The Labute approximate surface area is 111 Å². The van der Waals surface area contributed by atoms with Gasteiger partial charge in [0.05, 0.1) is 11.8 Å². The molecule has 0 bridgehead atoms. The van der Waals surface area contributed by atoms with E-state index < -0.39 is 0 Å². The van der Waals surface area contributed by atoms with Crippen molar-refractivity contribution in [3.63, 3.8) is 0 Å². The zero-order valence-electron chi connectivity index (χ0n) is 10.8. The number of para-hydroxylation sites is 1. The smallest absolute Gasteiger partial charge is 0.332 e. The monoisotopic (exact) mass is 258 g/mol. The summed E-state index contributed by atoms with van der Waals surface area (Å²) in [5, 5.41) is 9.53. The highest BCUT2D eigenvalue weighted by atomic mass is 16.3. The summed E-state index contributed by atoms with van der Waals surface area (Å²) in [5.74, 6) is 0. The largest absolute Gasteiger partial charge is 0.393 e. The van der Waals surface area contributed by atoms with Crippen LogP contribution in [0.3, 0.4) is 0 Å². The van der Waals surface area contributed by atoms with E-state index in [2.05, 4.69) is 0 Å². The van der Waals surface area contributed by atoms with E-state index in [1.165, 1.54) is 0 Å². The Hall–Kier alpha value is -1.81. The van der Waals surface area contributed by atoms with E-state index in [-0.39, 0.29) is 17.8 Å². The molecule has 0 radical (unpaired) electrons. The summed E-state index contributed by atoms with van der Waals surface area (Å²) in [5.41, 5.74) is 0.898. The molecule has 100 valence electrons. The van der Waals surface area contributed by atoms with Gasteiger partial charge in [0.15, 0.2) is 0 Å². The third-order valence-corrected chi connectivity index (χ3v) is 3.90. The van der Waals surface area contributed by atoms with Crippen LogP contribution < -0.4 is 5.69 Å². The predicted molar refractivity (Wildman–Crippen MR) is 73.5 cm³/mol. The summed E-state index contributed by atoms with van der Waals surface area (Å²) in [7, 11) is 0. The van der Waals surface area contributed by atoms with Crippen molar-refractivity contribution < 1.29 is 5.11 Å². The molecule has 0 aliphatic heterocycles. The summed E-state index contributed by atoms with van der Waals surface area (Å²) in [6.07, 6.45) is 6.81. The molecule has 4 nitrogen and oxygen atoms in total. The lowest BCUT2D eigenvalue weighted by atomic mass is 9.93. The van der Waals surface area contributed by atoms with E-state index in [0.29, 0.717) is 0 Å². The first-order chi connectivity index (χ1) is 9.25. The molecular weight excluding hydrogens is 240 g/mol. The second kappa shape index (κ2) is 5.05. The number of rotatable bonds is 2. The lowest BCUT2D eigenvalue weighted by Gasteiger charge is -2.25. The van der Waals surface area contributed by atoms with Gasteiger partial charge in [0.25, 0.3) is 0 Å². The molecule has 19 heavy (non-hydrogen) atoms. The summed E-state index contributed by atoms with van der Waals surface area (Å²) in [6.45, 7) is 0. The van der Waals surface area contributed by atoms with Gasteiger partial charge in [-0.2, -0.15) is 0 Å². The van der Waals surface area contributed by atoms with Crippen molar-refractivity contribution in [2.24, 2.45) is 0 Å². The summed E-state index contributed by atoms with van der Waals surface area (Å²) in [6, 6.07) is 9.87. The van der Waals surface area contributed by atoms with E-state index in [0.717, 1.165) is 31.4 Å². The average molecular weight is 258 g/mol. The predicted octanol–water partition coefficient (Wildman–Crippen LogP) is 2.12. The van der Waals surface area contributed by atoms with Gasteiger partial charge >= 0.3 is 5.69 Å². The van der Waals surface area contributed by atoms with Gasteiger partial charge in [-0.3, -0.25) is 9.13 Å². The van der Waals surface area contributed by atoms with Gasteiger partial charge in [0.1, 0.15) is 0 Å². The highest BCUT2D eigenvalue weighted by Gasteiger charge is 2.22. The molecule has 3 rings (SSSR count). The molecule has 1 heterocycles. The van der Waals surface area contributed by atoms with Crippen molar-refractivity contribution in [3.8, 4) is 5.69 Å². The molecule has 0 saturated heterocycles. The van der Waals surface area contributed by atoms with Crippen LogP contribution in [0, 0.1) is 0 Å². The van der Waals surface area contributed by atoms with Gasteiger partial charge in [-0.1, -0.05) is 18.2 Å². The number of nitrogens with zero attached hydrogens (tertiary/aromatic N) is 2. The Morgan fingerprint density at radius 2 is 1.68 bits per heavy atom. The molecule has 1 aliphatic rings. The topological polar surface area (TPSA) is 47.2 Å². The molecule has 1 N–H and O–H groups in total. The fraction of sp³-hybridized carbons (Fsp3) is 0.400. The summed E-state index contributed by atoms with van der Waals surface area (Å²) in [4.78, 5) is 12.4. The third-order valence-electron chi connectivity index (χ3n) is 3.90. The second-order valence-corrected chi connectivity index (χ2v) is 5.16. The normalized spacial score (nSPS) is 23.4. The molecule has 0 unspecified atom stereocenters. The van der Waals surface area contributed by atoms with Crippen LogP contribution in [0.4, 0.5) is 0 Å². The van der Waals surface area contributed by atoms with Gasteiger partial charge in [-0.05, 0) is 37.8 Å².